The standard InChI is InChI=1S/C30H38F3N7O/c1-29(2,3)19-5-7-23-24(14-19)38-25(37-23)8-4-18-12-20(13-18)39(16-30(31,32)33)15-21-6-9-26(41-21)40-11-10-22-27(34)35-17-36-28(22)40/h5,7,10-11,14,17-18,20-21,26H,4,6,8-9,12-13,15-16H2,1-3H3,(H,37,38)(H2,34,35,36)/t18?,20?,21-,26+/m0/s1. The second-order valence-electron chi connectivity index (χ2n) is 12.7. The van der Waals surface area contributed by atoms with Crippen molar-refractivity contribution in [1.29, 1.82) is 0 Å². The molecule has 4 heterocycles. The Morgan fingerprint density at radius 3 is 2.68 bits per heavy atom. The molecule has 41 heavy (non-hydrogen) atoms. The first kappa shape index (κ1) is 28.0. The lowest BCUT2D eigenvalue weighted by molar-refractivity contribution is -0.162. The van der Waals surface area contributed by atoms with Gasteiger partial charge in [0, 0.05) is 25.2 Å². The van der Waals surface area contributed by atoms with Gasteiger partial charge in [0.25, 0.3) is 0 Å². The van der Waals surface area contributed by atoms with Crippen molar-refractivity contribution in [2.24, 2.45) is 5.92 Å². The van der Waals surface area contributed by atoms with Gasteiger partial charge in [-0.1, -0.05) is 26.8 Å². The van der Waals surface area contributed by atoms with E-state index in [4.69, 9.17) is 15.5 Å². The van der Waals surface area contributed by atoms with E-state index in [0.717, 1.165) is 47.9 Å². The van der Waals surface area contributed by atoms with Crippen LogP contribution in [0.5, 0.6) is 0 Å². The highest BCUT2D eigenvalue weighted by Crippen LogP contribution is 2.39. The maximum atomic E-state index is 13.6. The fourth-order valence-electron chi connectivity index (χ4n) is 6.31. The minimum absolute atomic E-state index is 0.0628. The average molecular weight is 570 g/mol. The van der Waals surface area contributed by atoms with Crippen molar-refractivity contribution >= 4 is 27.9 Å². The maximum Gasteiger partial charge on any atom is 0.401 e. The second kappa shape index (κ2) is 10.6. The van der Waals surface area contributed by atoms with Crippen molar-refractivity contribution in [3.05, 3.63) is 48.2 Å². The average Bonchev–Trinajstić information content (AvgIpc) is 3.59. The normalized spacial score (nSPS) is 23.6. The summed E-state index contributed by atoms with van der Waals surface area (Å²) in [5, 5.41) is 0.746. The Morgan fingerprint density at radius 1 is 1.12 bits per heavy atom. The van der Waals surface area contributed by atoms with Crippen molar-refractivity contribution < 1.29 is 17.9 Å². The van der Waals surface area contributed by atoms with Gasteiger partial charge in [-0.3, -0.25) is 4.90 Å². The van der Waals surface area contributed by atoms with Crippen molar-refractivity contribution in [2.75, 3.05) is 18.8 Å². The molecule has 1 aliphatic heterocycles. The number of hydrogen-bond donors (Lipinski definition) is 2. The molecule has 3 aromatic heterocycles. The number of ether oxygens (including phenoxy) is 1. The number of alkyl halides is 3. The molecule has 2 atom stereocenters. The predicted octanol–water partition coefficient (Wildman–Crippen LogP) is 6.14. The summed E-state index contributed by atoms with van der Waals surface area (Å²) in [5.74, 6) is 1.73. The molecule has 6 rings (SSSR count). The van der Waals surface area contributed by atoms with Gasteiger partial charge in [0.2, 0.25) is 0 Å². The molecular formula is C30H38F3N7O. The van der Waals surface area contributed by atoms with Crippen LogP contribution in [0.25, 0.3) is 22.1 Å². The molecular weight excluding hydrogens is 531 g/mol. The van der Waals surface area contributed by atoms with Crippen LogP contribution in [0.3, 0.4) is 0 Å². The van der Waals surface area contributed by atoms with E-state index < -0.39 is 12.7 Å². The number of H-pyrrole nitrogens is 1. The molecule has 1 aliphatic carbocycles. The fourth-order valence-corrected chi connectivity index (χ4v) is 6.31. The second-order valence-corrected chi connectivity index (χ2v) is 12.7. The number of nitrogens with two attached hydrogens (primary N) is 1. The van der Waals surface area contributed by atoms with Gasteiger partial charge in [0.15, 0.2) is 0 Å². The molecule has 1 saturated carbocycles. The Morgan fingerprint density at radius 2 is 1.93 bits per heavy atom. The van der Waals surface area contributed by atoms with E-state index in [1.54, 1.807) is 4.90 Å². The molecule has 2 fully saturated rings. The summed E-state index contributed by atoms with van der Waals surface area (Å²) in [5.41, 5.74) is 9.94. The minimum atomic E-state index is -4.26. The van der Waals surface area contributed by atoms with E-state index in [1.807, 2.05) is 16.8 Å². The Balaban J connectivity index is 1.04. The van der Waals surface area contributed by atoms with Crippen molar-refractivity contribution in [3.8, 4) is 0 Å². The number of nitrogens with zero attached hydrogens (tertiary/aromatic N) is 5. The molecule has 0 bridgehead atoms. The molecule has 3 N–H and O–H groups in total. The van der Waals surface area contributed by atoms with Crippen LogP contribution in [0.4, 0.5) is 19.0 Å². The summed E-state index contributed by atoms with van der Waals surface area (Å²) < 4.78 is 48.8. The number of hydrogen-bond acceptors (Lipinski definition) is 6. The third kappa shape index (κ3) is 6.06. The van der Waals surface area contributed by atoms with E-state index in [9.17, 15) is 13.2 Å². The molecule has 0 spiro atoms. The van der Waals surface area contributed by atoms with Crippen molar-refractivity contribution in [1.82, 2.24) is 29.4 Å². The lowest BCUT2D eigenvalue weighted by Gasteiger charge is -2.44. The highest BCUT2D eigenvalue weighted by molar-refractivity contribution is 5.86. The number of aromatic amines is 1. The van der Waals surface area contributed by atoms with E-state index in [0.29, 0.717) is 30.2 Å². The van der Waals surface area contributed by atoms with Crippen molar-refractivity contribution in [2.45, 2.75) is 89.3 Å². The zero-order valence-electron chi connectivity index (χ0n) is 23.8. The summed E-state index contributed by atoms with van der Waals surface area (Å²) in [7, 11) is 0. The fraction of sp³-hybridized carbons (Fsp3) is 0.567. The third-order valence-electron chi connectivity index (χ3n) is 8.67. The number of fused-ring (bicyclic) bond motifs is 2. The maximum absolute atomic E-state index is 13.6. The third-order valence-corrected chi connectivity index (χ3v) is 8.67. The lowest BCUT2D eigenvalue weighted by Crippen LogP contribution is -2.51. The van der Waals surface area contributed by atoms with Crippen LogP contribution in [-0.4, -0.2) is 60.8 Å². The van der Waals surface area contributed by atoms with E-state index in [-0.39, 0.29) is 30.3 Å². The summed E-state index contributed by atoms with van der Waals surface area (Å²) in [6.45, 7) is 5.92. The van der Waals surface area contributed by atoms with Crippen molar-refractivity contribution in [3.63, 3.8) is 0 Å². The first-order valence-electron chi connectivity index (χ1n) is 14.5. The van der Waals surface area contributed by atoms with Crippen LogP contribution in [0, 0.1) is 5.92 Å². The number of nitrogens with one attached hydrogen (secondary N) is 1. The largest absolute Gasteiger partial charge is 0.401 e. The molecule has 2 aliphatic rings. The van der Waals surface area contributed by atoms with Crippen LogP contribution in [0.15, 0.2) is 36.8 Å². The monoisotopic (exact) mass is 569 g/mol. The molecule has 1 aromatic carbocycles. The minimum Gasteiger partial charge on any atom is -0.383 e. The molecule has 1 saturated heterocycles. The lowest BCUT2D eigenvalue weighted by atomic mass is 9.76. The van der Waals surface area contributed by atoms with Gasteiger partial charge in [-0.25, -0.2) is 15.0 Å². The van der Waals surface area contributed by atoms with Gasteiger partial charge in [-0.15, -0.1) is 0 Å². The van der Waals surface area contributed by atoms with Crippen LogP contribution in [-0.2, 0) is 16.6 Å². The Bertz CT molecular complexity index is 1520. The Labute approximate surface area is 237 Å². The molecule has 11 heteroatoms. The molecule has 0 unspecified atom stereocenters. The van der Waals surface area contributed by atoms with Crippen LogP contribution >= 0.6 is 0 Å². The number of halogens is 3. The predicted molar refractivity (Wildman–Crippen MR) is 152 cm³/mol. The summed E-state index contributed by atoms with van der Waals surface area (Å²) >= 11 is 0. The van der Waals surface area contributed by atoms with Gasteiger partial charge in [0.1, 0.15) is 29.8 Å². The zero-order chi connectivity index (χ0) is 28.9. The van der Waals surface area contributed by atoms with E-state index in [1.165, 1.54) is 11.9 Å². The Kier molecular flexibility index (Phi) is 7.22. The Hall–Kier alpha value is -3.18. The number of anilines is 1. The number of imidazole rings is 1. The number of aromatic nitrogens is 5. The summed E-state index contributed by atoms with van der Waals surface area (Å²) in [4.78, 5) is 18.1. The van der Waals surface area contributed by atoms with Crippen LogP contribution < -0.4 is 5.73 Å². The SMILES string of the molecule is CC(C)(C)c1ccc2nc(CCC3CC(N(C[C@@H]4CC[C@H](n5ccc6c(N)ncnc65)O4)CC(F)(F)F)C3)[nH]c2c1. The quantitative estimate of drug-likeness (QED) is 0.265. The first-order valence-corrected chi connectivity index (χ1v) is 14.5. The van der Waals surface area contributed by atoms with Crippen LogP contribution in [0.2, 0.25) is 0 Å². The van der Waals surface area contributed by atoms with Gasteiger partial charge in [-0.2, -0.15) is 13.2 Å². The van der Waals surface area contributed by atoms with Gasteiger partial charge < -0.3 is 20.0 Å². The zero-order valence-corrected chi connectivity index (χ0v) is 23.8. The number of benzene rings is 1. The van der Waals surface area contributed by atoms with Crippen LogP contribution in [0.1, 0.15) is 70.5 Å². The van der Waals surface area contributed by atoms with Gasteiger partial charge in [-0.05, 0) is 67.2 Å². The first-order chi connectivity index (χ1) is 19.4. The van der Waals surface area contributed by atoms with E-state index in [2.05, 4.69) is 53.9 Å². The highest BCUT2D eigenvalue weighted by atomic mass is 19.4. The topological polar surface area (TPSA) is 97.9 Å². The number of rotatable bonds is 8. The molecule has 8 nitrogen and oxygen atoms in total. The van der Waals surface area contributed by atoms with Gasteiger partial charge >= 0.3 is 6.18 Å². The summed E-state index contributed by atoms with van der Waals surface area (Å²) in [6.07, 6.45) is 3.10. The molecule has 0 radical (unpaired) electrons. The smallest absolute Gasteiger partial charge is 0.383 e. The highest BCUT2D eigenvalue weighted by Gasteiger charge is 2.41. The summed E-state index contributed by atoms with van der Waals surface area (Å²) in [6, 6.07) is 8.11. The molecule has 4 aromatic rings. The molecule has 220 valence electrons. The number of aryl methyl sites for hydroxylation is 1. The number of nitrogen functional groups attached to an aromatic ring is 1. The molecule has 0 amide bonds. The van der Waals surface area contributed by atoms with Gasteiger partial charge in [0.05, 0.1) is 29.1 Å². The van der Waals surface area contributed by atoms with E-state index >= 15 is 0 Å².